The van der Waals surface area contributed by atoms with Crippen LogP contribution in [0.4, 0.5) is 5.69 Å². The lowest BCUT2D eigenvalue weighted by Crippen LogP contribution is -2.25. The Hall–Kier alpha value is -2.41. The number of pyridine rings is 1. The maximum Gasteiger partial charge on any atom is 0.299 e. The Bertz CT molecular complexity index is 851. The molecule has 0 unspecified atom stereocenters. The summed E-state index contributed by atoms with van der Waals surface area (Å²) in [6.45, 7) is 2.39. The molecule has 0 aliphatic rings. The number of fused-ring (bicyclic) bond motifs is 1. The van der Waals surface area contributed by atoms with E-state index in [1.165, 1.54) is 10.8 Å². The lowest BCUT2D eigenvalue weighted by molar-refractivity contribution is 0.732. The second-order valence-electron chi connectivity index (χ2n) is 4.56. The molecule has 7 nitrogen and oxygen atoms in total. The van der Waals surface area contributed by atoms with Crippen molar-refractivity contribution in [2.45, 2.75) is 13.5 Å². The first-order valence-electron chi connectivity index (χ1n) is 6.33. The summed E-state index contributed by atoms with van der Waals surface area (Å²) in [7, 11) is 1.71. The van der Waals surface area contributed by atoms with Gasteiger partial charge in [0.1, 0.15) is 17.2 Å². The number of nitrogens with one attached hydrogen (secondary N) is 1. The predicted octanol–water partition coefficient (Wildman–Crippen LogP) is 1.34. The highest BCUT2D eigenvalue weighted by Gasteiger charge is 2.15. The van der Waals surface area contributed by atoms with Crippen molar-refractivity contribution in [2.75, 3.05) is 12.4 Å². The van der Waals surface area contributed by atoms with Crippen molar-refractivity contribution in [3.05, 3.63) is 51.4 Å². The molecule has 0 amide bonds. The molecule has 0 atom stereocenters. The number of hydrogen-bond acceptors (Lipinski definition) is 5. The number of anilines is 1. The number of nitrogens with zero attached hydrogens (tertiary/aromatic N) is 5. The monoisotopic (exact) mass is 304 g/mol. The van der Waals surface area contributed by atoms with Crippen LogP contribution < -0.4 is 10.9 Å². The van der Waals surface area contributed by atoms with Crippen LogP contribution in [-0.4, -0.2) is 31.2 Å². The second-order valence-corrected chi connectivity index (χ2v) is 4.95. The molecule has 0 radical (unpaired) electrons. The van der Waals surface area contributed by atoms with E-state index in [0.29, 0.717) is 23.2 Å². The van der Waals surface area contributed by atoms with Gasteiger partial charge in [-0.15, -0.1) is 0 Å². The van der Waals surface area contributed by atoms with Gasteiger partial charge >= 0.3 is 0 Å². The van der Waals surface area contributed by atoms with Crippen LogP contribution in [0, 0.1) is 6.92 Å². The zero-order valence-corrected chi connectivity index (χ0v) is 12.3. The van der Waals surface area contributed by atoms with E-state index >= 15 is 0 Å². The summed E-state index contributed by atoms with van der Waals surface area (Å²) < 4.78 is 3.19. The molecular weight excluding hydrogens is 292 g/mol. The third-order valence-corrected chi connectivity index (χ3v) is 3.55. The van der Waals surface area contributed by atoms with Gasteiger partial charge in [0.05, 0.1) is 6.54 Å². The highest BCUT2D eigenvalue weighted by Crippen LogP contribution is 2.14. The molecule has 0 aliphatic carbocycles. The van der Waals surface area contributed by atoms with E-state index in [1.807, 2.05) is 17.6 Å². The van der Waals surface area contributed by atoms with Gasteiger partial charge < -0.3 is 9.88 Å². The third-order valence-electron chi connectivity index (χ3n) is 3.32. The average molecular weight is 305 g/mol. The molecule has 108 valence electrons. The van der Waals surface area contributed by atoms with Gasteiger partial charge in [0.25, 0.3) is 5.56 Å². The predicted molar refractivity (Wildman–Crippen MR) is 79.9 cm³/mol. The summed E-state index contributed by atoms with van der Waals surface area (Å²) in [4.78, 5) is 20.5. The molecule has 3 aromatic rings. The Balaban J connectivity index is 2.19. The van der Waals surface area contributed by atoms with Crippen LogP contribution in [0.15, 0.2) is 29.5 Å². The SMILES string of the molecule is CNc1c(C)n(Cc2ccc(Cl)nc2)c2ncnn2c1=O. The van der Waals surface area contributed by atoms with E-state index in [-0.39, 0.29) is 5.56 Å². The maximum atomic E-state index is 12.2. The van der Waals surface area contributed by atoms with Crippen LogP contribution in [0.25, 0.3) is 5.78 Å². The highest BCUT2D eigenvalue weighted by molar-refractivity contribution is 6.29. The Morgan fingerprint density at radius 3 is 2.81 bits per heavy atom. The van der Waals surface area contributed by atoms with Crippen molar-refractivity contribution in [1.29, 1.82) is 0 Å². The molecule has 0 saturated carbocycles. The Kier molecular flexibility index (Phi) is 3.34. The number of hydrogen-bond donors (Lipinski definition) is 1. The minimum Gasteiger partial charge on any atom is -0.382 e. The van der Waals surface area contributed by atoms with E-state index in [1.54, 1.807) is 19.3 Å². The largest absolute Gasteiger partial charge is 0.382 e. The van der Waals surface area contributed by atoms with Crippen LogP contribution in [0.5, 0.6) is 0 Å². The molecule has 21 heavy (non-hydrogen) atoms. The van der Waals surface area contributed by atoms with E-state index in [4.69, 9.17) is 11.6 Å². The van der Waals surface area contributed by atoms with Crippen molar-refractivity contribution in [3.63, 3.8) is 0 Å². The van der Waals surface area contributed by atoms with E-state index in [0.717, 1.165) is 11.3 Å². The zero-order chi connectivity index (χ0) is 15.0. The molecule has 0 fully saturated rings. The average Bonchev–Trinajstić information content (AvgIpc) is 2.96. The highest BCUT2D eigenvalue weighted by atomic mass is 35.5. The van der Waals surface area contributed by atoms with Gasteiger partial charge in [0.15, 0.2) is 0 Å². The Labute approximate surface area is 125 Å². The third kappa shape index (κ3) is 2.25. The number of halogens is 1. The minimum absolute atomic E-state index is 0.215. The van der Waals surface area contributed by atoms with Crippen molar-refractivity contribution in [2.24, 2.45) is 0 Å². The van der Waals surface area contributed by atoms with Gasteiger partial charge in [-0.3, -0.25) is 4.79 Å². The van der Waals surface area contributed by atoms with Crippen molar-refractivity contribution in [1.82, 2.24) is 24.1 Å². The van der Waals surface area contributed by atoms with Gasteiger partial charge in [0.2, 0.25) is 5.78 Å². The standard InChI is InChI=1S/C13H13ClN6O/c1-8-11(15-2)12(21)20-13(17-7-18-20)19(8)6-9-3-4-10(14)16-5-9/h3-5,7,15H,6H2,1-2H3. The summed E-state index contributed by atoms with van der Waals surface area (Å²) in [6.07, 6.45) is 3.07. The van der Waals surface area contributed by atoms with E-state index < -0.39 is 0 Å². The van der Waals surface area contributed by atoms with Gasteiger partial charge in [-0.2, -0.15) is 14.6 Å². The fourth-order valence-electron chi connectivity index (χ4n) is 2.27. The smallest absolute Gasteiger partial charge is 0.299 e. The Morgan fingerprint density at radius 2 is 2.14 bits per heavy atom. The van der Waals surface area contributed by atoms with Gasteiger partial charge in [-0.25, -0.2) is 4.98 Å². The molecular formula is C13H13ClN6O. The zero-order valence-electron chi connectivity index (χ0n) is 11.5. The molecule has 8 heteroatoms. The molecule has 0 bridgehead atoms. The molecule has 3 aromatic heterocycles. The lowest BCUT2D eigenvalue weighted by Gasteiger charge is -2.15. The second kappa shape index (κ2) is 5.17. The molecule has 3 rings (SSSR count). The van der Waals surface area contributed by atoms with Crippen LogP contribution in [0.1, 0.15) is 11.3 Å². The van der Waals surface area contributed by atoms with Crippen molar-refractivity contribution < 1.29 is 0 Å². The fourth-order valence-corrected chi connectivity index (χ4v) is 2.38. The van der Waals surface area contributed by atoms with Crippen LogP contribution >= 0.6 is 11.6 Å². The Morgan fingerprint density at radius 1 is 1.33 bits per heavy atom. The van der Waals surface area contributed by atoms with Gasteiger partial charge in [0, 0.05) is 18.9 Å². The van der Waals surface area contributed by atoms with E-state index in [9.17, 15) is 4.79 Å². The first-order valence-corrected chi connectivity index (χ1v) is 6.71. The fraction of sp³-hybridized carbons (Fsp3) is 0.231. The quantitative estimate of drug-likeness (QED) is 0.739. The summed E-state index contributed by atoms with van der Waals surface area (Å²) >= 11 is 5.80. The summed E-state index contributed by atoms with van der Waals surface area (Å²) in [5.74, 6) is 0.492. The molecule has 0 saturated heterocycles. The van der Waals surface area contributed by atoms with Crippen LogP contribution in [0.2, 0.25) is 5.15 Å². The van der Waals surface area contributed by atoms with E-state index in [2.05, 4.69) is 20.4 Å². The van der Waals surface area contributed by atoms with Crippen molar-refractivity contribution >= 4 is 23.1 Å². The van der Waals surface area contributed by atoms with Crippen molar-refractivity contribution in [3.8, 4) is 0 Å². The number of aromatic nitrogens is 5. The lowest BCUT2D eigenvalue weighted by atomic mass is 10.2. The van der Waals surface area contributed by atoms with Gasteiger partial charge in [-0.05, 0) is 18.6 Å². The molecule has 3 heterocycles. The minimum atomic E-state index is -0.215. The van der Waals surface area contributed by atoms with Crippen LogP contribution in [0.3, 0.4) is 0 Å². The van der Waals surface area contributed by atoms with Gasteiger partial charge in [-0.1, -0.05) is 17.7 Å². The normalized spacial score (nSPS) is 11.0. The number of rotatable bonds is 3. The molecule has 0 aromatic carbocycles. The first-order chi connectivity index (χ1) is 10.1. The molecule has 0 spiro atoms. The maximum absolute atomic E-state index is 12.2. The molecule has 0 aliphatic heterocycles. The first kappa shape index (κ1) is 13.6. The summed E-state index contributed by atoms with van der Waals surface area (Å²) in [6, 6.07) is 3.62. The topological polar surface area (TPSA) is 77.1 Å². The molecule has 1 N–H and O–H groups in total. The summed E-state index contributed by atoms with van der Waals surface area (Å²) in [5, 5.41) is 7.35. The van der Waals surface area contributed by atoms with Crippen LogP contribution in [-0.2, 0) is 6.54 Å². The summed E-state index contributed by atoms with van der Waals surface area (Å²) in [5.41, 5.74) is 2.03.